The molecule has 1 atom stereocenters. The molecule has 1 unspecified atom stereocenters. The molecule has 0 spiro atoms. The molecular weight excluding hydrogens is 614 g/mol. The Bertz CT molecular complexity index is 1940. The molecule has 0 saturated heterocycles. The van der Waals surface area contributed by atoms with Crippen molar-refractivity contribution in [3.63, 3.8) is 0 Å². The maximum absolute atomic E-state index is 12.8. The number of carbonyl (C=O) groups excluding carboxylic acids is 2. The van der Waals surface area contributed by atoms with Gasteiger partial charge in [-0.2, -0.15) is 0 Å². The number of ether oxygens (including phenoxy) is 1. The molecule has 13 nitrogen and oxygen atoms in total. The third-order valence-electron chi connectivity index (χ3n) is 6.99. The molecule has 2 aromatic carbocycles. The molecule has 46 heavy (non-hydrogen) atoms. The number of aliphatic carboxylic acids is 1. The standard InChI is InChI=1S/C32H32ClN7O6/c1-31(2,3)46-30(44)36-32(4,29(42)43)13-15-45-38-28(41)22-9-8-21(17-23(22)33)25-11-12-26-27(35-25)40(39-37-26)18-19-7-10-24-20(16-19)6-5-14-34-24/h5-12,14,16-17H,13,15,18H2,1-4H3,(H,36,44)(H,38,41)(H,42,43). The van der Waals surface area contributed by atoms with E-state index in [0.717, 1.165) is 16.5 Å². The molecule has 238 valence electrons. The van der Waals surface area contributed by atoms with Crippen molar-refractivity contribution >= 4 is 51.6 Å². The minimum Gasteiger partial charge on any atom is -0.480 e. The number of amides is 2. The van der Waals surface area contributed by atoms with Crippen LogP contribution in [-0.4, -0.2) is 65.8 Å². The molecule has 2 amide bonds. The van der Waals surface area contributed by atoms with Crippen LogP contribution >= 0.6 is 11.6 Å². The molecule has 14 heteroatoms. The van der Waals surface area contributed by atoms with Crippen molar-refractivity contribution in [1.29, 1.82) is 0 Å². The summed E-state index contributed by atoms with van der Waals surface area (Å²) in [5, 5.41) is 21.7. The second kappa shape index (κ2) is 13.1. The maximum atomic E-state index is 12.8. The van der Waals surface area contributed by atoms with Crippen molar-refractivity contribution in [2.45, 2.75) is 51.8 Å². The van der Waals surface area contributed by atoms with Gasteiger partial charge in [0.15, 0.2) is 5.65 Å². The van der Waals surface area contributed by atoms with E-state index in [1.807, 2.05) is 30.3 Å². The molecule has 3 N–H and O–H groups in total. The zero-order chi connectivity index (χ0) is 33.1. The average molecular weight is 646 g/mol. The van der Waals surface area contributed by atoms with Gasteiger partial charge in [0.05, 0.1) is 34.9 Å². The lowest BCUT2D eigenvalue weighted by molar-refractivity contribution is -0.145. The van der Waals surface area contributed by atoms with Crippen molar-refractivity contribution in [1.82, 2.24) is 35.8 Å². The quantitative estimate of drug-likeness (QED) is 0.136. The van der Waals surface area contributed by atoms with Crippen molar-refractivity contribution in [2.24, 2.45) is 0 Å². The number of pyridine rings is 2. The Morgan fingerprint density at radius 1 is 1.00 bits per heavy atom. The first-order valence-electron chi connectivity index (χ1n) is 14.3. The summed E-state index contributed by atoms with van der Waals surface area (Å²) in [7, 11) is 0. The van der Waals surface area contributed by atoms with Crippen LogP contribution in [0.3, 0.4) is 0 Å². The highest BCUT2D eigenvalue weighted by Gasteiger charge is 2.36. The average Bonchev–Trinajstić information content (AvgIpc) is 3.39. The highest BCUT2D eigenvalue weighted by molar-refractivity contribution is 6.34. The summed E-state index contributed by atoms with van der Waals surface area (Å²) in [6, 6.07) is 18.4. The smallest absolute Gasteiger partial charge is 0.408 e. The number of hydrogen-bond donors (Lipinski definition) is 3. The normalized spacial score (nSPS) is 12.9. The van der Waals surface area contributed by atoms with Crippen molar-refractivity contribution < 1.29 is 29.1 Å². The third kappa shape index (κ3) is 7.56. The van der Waals surface area contributed by atoms with Gasteiger partial charge in [0, 0.05) is 23.6 Å². The van der Waals surface area contributed by atoms with Gasteiger partial charge in [-0.15, -0.1) is 5.10 Å². The SMILES string of the molecule is CC(C)(C)OC(=O)NC(C)(CCONC(=O)c1ccc(-c2ccc3nnn(Cc4ccc5ncccc5c4)c3n2)cc1Cl)C(=O)O. The predicted octanol–water partition coefficient (Wildman–Crippen LogP) is 5.16. The number of halogens is 1. The Labute approximate surface area is 268 Å². The van der Waals surface area contributed by atoms with E-state index in [4.69, 9.17) is 26.2 Å². The van der Waals surface area contributed by atoms with Crippen LogP contribution in [-0.2, 0) is 20.9 Å². The van der Waals surface area contributed by atoms with E-state index in [0.29, 0.717) is 29.0 Å². The van der Waals surface area contributed by atoms with Crippen LogP contribution in [0.25, 0.3) is 33.3 Å². The van der Waals surface area contributed by atoms with E-state index in [1.165, 1.54) is 13.0 Å². The Hall–Kier alpha value is -5.14. The second-order valence-corrected chi connectivity index (χ2v) is 12.2. The Morgan fingerprint density at radius 2 is 1.78 bits per heavy atom. The minimum atomic E-state index is -1.70. The summed E-state index contributed by atoms with van der Waals surface area (Å²) in [6.07, 6.45) is 0.712. The van der Waals surface area contributed by atoms with Crippen molar-refractivity contribution in [2.75, 3.05) is 6.61 Å². The van der Waals surface area contributed by atoms with Crippen LogP contribution in [0, 0.1) is 0 Å². The number of carbonyl (C=O) groups is 3. The third-order valence-corrected chi connectivity index (χ3v) is 7.30. The first-order chi connectivity index (χ1) is 21.8. The zero-order valence-electron chi connectivity index (χ0n) is 25.6. The number of rotatable bonds is 10. The molecular formula is C32H32ClN7O6. The van der Waals surface area contributed by atoms with Crippen LogP contribution < -0.4 is 10.8 Å². The predicted molar refractivity (Wildman–Crippen MR) is 170 cm³/mol. The van der Waals surface area contributed by atoms with Gasteiger partial charge in [-0.25, -0.2) is 24.7 Å². The van der Waals surface area contributed by atoms with Crippen LogP contribution in [0.15, 0.2) is 66.9 Å². The molecule has 0 aliphatic carbocycles. The Kier molecular flexibility index (Phi) is 9.17. The van der Waals surface area contributed by atoms with Crippen LogP contribution in [0.4, 0.5) is 4.79 Å². The largest absolute Gasteiger partial charge is 0.480 e. The fraction of sp³-hybridized carbons (Fsp3) is 0.281. The van der Waals surface area contributed by atoms with Crippen LogP contribution in [0.2, 0.25) is 5.02 Å². The number of alkyl carbamates (subject to hydrolysis) is 1. The topological polar surface area (TPSA) is 170 Å². The lowest BCUT2D eigenvalue weighted by atomic mass is 9.99. The lowest BCUT2D eigenvalue weighted by Gasteiger charge is -2.28. The van der Waals surface area contributed by atoms with E-state index in [-0.39, 0.29) is 23.6 Å². The van der Waals surface area contributed by atoms with Crippen LogP contribution in [0.5, 0.6) is 0 Å². The highest BCUT2D eigenvalue weighted by Crippen LogP contribution is 2.26. The van der Waals surface area contributed by atoms with E-state index >= 15 is 0 Å². The fourth-order valence-corrected chi connectivity index (χ4v) is 4.82. The molecule has 3 aromatic heterocycles. The zero-order valence-corrected chi connectivity index (χ0v) is 26.3. The molecule has 3 heterocycles. The van der Waals surface area contributed by atoms with Gasteiger partial charge in [-0.05, 0) is 75.7 Å². The van der Waals surface area contributed by atoms with Gasteiger partial charge in [0.2, 0.25) is 0 Å². The number of aromatic nitrogens is 5. The number of carboxylic acid groups (broad SMARTS) is 1. The number of carboxylic acids is 1. The molecule has 0 bridgehead atoms. The van der Waals surface area contributed by atoms with Crippen LogP contribution in [0.1, 0.15) is 50.0 Å². The van der Waals surface area contributed by atoms with Gasteiger partial charge in [0.1, 0.15) is 16.7 Å². The van der Waals surface area contributed by atoms with Gasteiger partial charge in [-0.1, -0.05) is 35.0 Å². The number of hydrogen-bond acceptors (Lipinski definition) is 9. The summed E-state index contributed by atoms with van der Waals surface area (Å²) >= 11 is 6.48. The van der Waals surface area contributed by atoms with E-state index in [9.17, 15) is 19.5 Å². The van der Waals surface area contributed by atoms with E-state index in [2.05, 4.69) is 32.2 Å². The monoisotopic (exact) mass is 645 g/mol. The Balaban J connectivity index is 1.23. The first kappa shape index (κ1) is 32.3. The van der Waals surface area contributed by atoms with Gasteiger partial charge >= 0.3 is 12.1 Å². The number of benzene rings is 2. The number of nitrogens with zero attached hydrogens (tertiary/aromatic N) is 5. The number of nitrogens with one attached hydrogen (secondary N) is 2. The molecule has 0 saturated carbocycles. The summed E-state index contributed by atoms with van der Waals surface area (Å²) < 4.78 is 6.87. The van der Waals surface area contributed by atoms with Gasteiger partial charge in [-0.3, -0.25) is 14.6 Å². The molecule has 5 rings (SSSR count). The van der Waals surface area contributed by atoms with Crippen molar-refractivity contribution in [3.05, 3.63) is 83.0 Å². The number of hydroxylamine groups is 1. The summed E-state index contributed by atoms with van der Waals surface area (Å²) in [6.45, 7) is 6.54. The Morgan fingerprint density at radius 3 is 2.52 bits per heavy atom. The fourth-order valence-electron chi connectivity index (χ4n) is 4.55. The molecule has 0 aliphatic heterocycles. The summed E-state index contributed by atoms with van der Waals surface area (Å²) in [5.41, 5.74) is 4.32. The highest BCUT2D eigenvalue weighted by atomic mass is 35.5. The summed E-state index contributed by atoms with van der Waals surface area (Å²) in [4.78, 5) is 51.1. The van der Waals surface area contributed by atoms with Gasteiger partial charge in [0.25, 0.3) is 5.91 Å². The molecule has 0 radical (unpaired) electrons. The molecule has 5 aromatic rings. The number of fused-ring (bicyclic) bond motifs is 2. The maximum Gasteiger partial charge on any atom is 0.408 e. The molecule has 0 fully saturated rings. The van der Waals surface area contributed by atoms with E-state index in [1.54, 1.807) is 49.8 Å². The second-order valence-electron chi connectivity index (χ2n) is 11.8. The molecule has 0 aliphatic rings. The summed E-state index contributed by atoms with van der Waals surface area (Å²) in [5.74, 6) is -1.92. The van der Waals surface area contributed by atoms with Crippen molar-refractivity contribution in [3.8, 4) is 11.3 Å². The lowest BCUT2D eigenvalue weighted by Crippen LogP contribution is -2.54. The first-order valence-corrected chi connectivity index (χ1v) is 14.7. The minimum absolute atomic E-state index is 0.136. The van der Waals surface area contributed by atoms with Gasteiger partial charge < -0.3 is 15.2 Å². The van der Waals surface area contributed by atoms with E-state index < -0.39 is 29.1 Å².